The van der Waals surface area contributed by atoms with Crippen molar-refractivity contribution < 1.29 is 24.0 Å². The molecule has 4 rings (SSSR count). The number of hydrogen-bond acceptors (Lipinski definition) is 5. The summed E-state index contributed by atoms with van der Waals surface area (Å²) < 4.78 is 5.72. The molecule has 0 fully saturated rings. The van der Waals surface area contributed by atoms with Crippen LogP contribution in [0.5, 0.6) is 11.5 Å². The van der Waals surface area contributed by atoms with Crippen LogP contribution in [0.4, 0.5) is 0 Å². The monoisotopic (exact) mass is 427 g/mol. The van der Waals surface area contributed by atoms with Gasteiger partial charge in [-0.3, -0.25) is 9.59 Å². The van der Waals surface area contributed by atoms with Crippen LogP contribution in [0.3, 0.4) is 0 Å². The quantitative estimate of drug-likeness (QED) is 0.538. The fourth-order valence-corrected chi connectivity index (χ4v) is 3.23. The van der Waals surface area contributed by atoms with Crippen LogP contribution in [0.15, 0.2) is 66.7 Å². The van der Waals surface area contributed by atoms with E-state index < -0.39 is 17.8 Å². The fourth-order valence-electron chi connectivity index (χ4n) is 2.78. The number of ether oxygens (including phenoxy) is 1. The Bertz CT molecular complexity index is 1130. The molecule has 1 aliphatic rings. The van der Waals surface area contributed by atoms with Gasteiger partial charge in [0.15, 0.2) is 0 Å². The topological polar surface area (TPSA) is 72.9 Å². The number of nitrogens with zero attached hydrogens (tertiary/aromatic N) is 1. The van der Waals surface area contributed by atoms with Crippen molar-refractivity contribution in [2.45, 2.75) is 0 Å². The number of carbonyl (C=O) groups excluding carboxylic acids is 3. The van der Waals surface area contributed by atoms with Crippen molar-refractivity contribution in [3.63, 3.8) is 0 Å². The predicted octanol–water partition coefficient (Wildman–Crippen LogP) is 5.15. The molecule has 1 aliphatic heterocycles. The molecular weight excluding hydrogens is 417 g/mol. The second-order valence-corrected chi connectivity index (χ2v) is 6.85. The summed E-state index contributed by atoms with van der Waals surface area (Å²) in [6, 6.07) is 17.1. The molecule has 144 valence electrons. The molecule has 0 bridgehead atoms. The van der Waals surface area contributed by atoms with Crippen LogP contribution in [-0.4, -0.2) is 22.8 Å². The number of amides is 2. The smallest absolute Gasteiger partial charge is 0.367 e. The highest BCUT2D eigenvalue weighted by atomic mass is 35.5. The van der Waals surface area contributed by atoms with E-state index in [-0.39, 0.29) is 33.2 Å². The number of benzene rings is 3. The molecule has 8 heteroatoms. The van der Waals surface area contributed by atoms with Crippen LogP contribution in [-0.2, 0) is 4.84 Å². The van der Waals surface area contributed by atoms with E-state index in [2.05, 4.69) is 0 Å². The maximum absolute atomic E-state index is 12.7. The lowest BCUT2D eigenvalue weighted by molar-refractivity contribution is -0.0586. The zero-order valence-corrected chi connectivity index (χ0v) is 16.1. The van der Waals surface area contributed by atoms with Gasteiger partial charge in [-0.25, -0.2) is 4.79 Å². The van der Waals surface area contributed by atoms with Crippen molar-refractivity contribution in [1.29, 1.82) is 0 Å². The van der Waals surface area contributed by atoms with Gasteiger partial charge in [-0.05, 0) is 42.5 Å². The molecule has 1 heterocycles. The van der Waals surface area contributed by atoms with Gasteiger partial charge in [-0.2, -0.15) is 0 Å². The molecule has 3 aromatic carbocycles. The van der Waals surface area contributed by atoms with E-state index in [1.165, 1.54) is 30.3 Å². The minimum Gasteiger partial charge on any atom is -0.455 e. The van der Waals surface area contributed by atoms with Gasteiger partial charge >= 0.3 is 5.97 Å². The first-order valence-electron chi connectivity index (χ1n) is 8.38. The second-order valence-electron chi connectivity index (χ2n) is 6.00. The van der Waals surface area contributed by atoms with Crippen LogP contribution in [0, 0.1) is 0 Å². The molecule has 0 aliphatic carbocycles. The van der Waals surface area contributed by atoms with Gasteiger partial charge in [0.05, 0.1) is 16.1 Å². The molecule has 0 N–H and O–H groups in total. The summed E-state index contributed by atoms with van der Waals surface area (Å²) in [5, 5.41) is 1.13. The van der Waals surface area contributed by atoms with Gasteiger partial charge < -0.3 is 9.57 Å². The van der Waals surface area contributed by atoms with Crippen LogP contribution in [0.1, 0.15) is 31.1 Å². The number of hydrogen-bond donors (Lipinski definition) is 0. The Kier molecular flexibility index (Phi) is 4.96. The molecule has 0 radical (unpaired) electrons. The minimum absolute atomic E-state index is 0.00933. The van der Waals surface area contributed by atoms with Crippen molar-refractivity contribution >= 4 is 41.0 Å². The first-order chi connectivity index (χ1) is 14.0. The number of rotatable bonds is 4. The molecular formula is C21H11Cl2NO5. The summed E-state index contributed by atoms with van der Waals surface area (Å²) in [5.41, 5.74) is 0.348. The molecule has 3 aromatic rings. The van der Waals surface area contributed by atoms with Crippen molar-refractivity contribution in [2.24, 2.45) is 0 Å². The number of imide groups is 1. The third-order valence-corrected chi connectivity index (χ3v) is 4.68. The van der Waals surface area contributed by atoms with E-state index in [4.69, 9.17) is 32.8 Å². The van der Waals surface area contributed by atoms with Crippen molar-refractivity contribution in [1.82, 2.24) is 5.06 Å². The van der Waals surface area contributed by atoms with Gasteiger partial charge in [0.25, 0.3) is 11.8 Å². The first kappa shape index (κ1) is 19.0. The van der Waals surface area contributed by atoms with Crippen molar-refractivity contribution in [2.75, 3.05) is 0 Å². The summed E-state index contributed by atoms with van der Waals surface area (Å²) in [6.45, 7) is 0. The van der Waals surface area contributed by atoms with Gasteiger partial charge in [-0.1, -0.05) is 52.5 Å². The average Bonchev–Trinajstić information content (AvgIpc) is 2.95. The second kappa shape index (κ2) is 7.58. The number of hydroxylamine groups is 2. The molecule has 0 atom stereocenters. The summed E-state index contributed by atoms with van der Waals surface area (Å²) >= 11 is 12.0. The average molecular weight is 428 g/mol. The molecule has 0 unspecified atom stereocenters. The molecule has 0 aromatic heterocycles. The first-order valence-corrected chi connectivity index (χ1v) is 9.13. The lowest BCUT2D eigenvalue weighted by Crippen LogP contribution is -2.32. The van der Waals surface area contributed by atoms with E-state index in [0.717, 1.165) is 0 Å². The van der Waals surface area contributed by atoms with Crippen LogP contribution < -0.4 is 4.74 Å². The number of halogens is 2. The molecule has 29 heavy (non-hydrogen) atoms. The Balaban J connectivity index is 1.59. The van der Waals surface area contributed by atoms with E-state index in [0.29, 0.717) is 10.1 Å². The normalized spacial score (nSPS) is 12.7. The summed E-state index contributed by atoms with van der Waals surface area (Å²) in [5.74, 6) is -1.94. The van der Waals surface area contributed by atoms with Gasteiger partial charge in [0.1, 0.15) is 17.1 Å². The lowest BCUT2D eigenvalue weighted by atomic mass is 10.1. The van der Waals surface area contributed by atoms with E-state index in [9.17, 15) is 14.4 Å². The van der Waals surface area contributed by atoms with E-state index >= 15 is 0 Å². The number of carbonyl (C=O) groups is 3. The van der Waals surface area contributed by atoms with E-state index in [1.807, 2.05) is 0 Å². The van der Waals surface area contributed by atoms with Crippen LogP contribution >= 0.6 is 23.2 Å². The highest BCUT2D eigenvalue weighted by Gasteiger charge is 2.39. The molecule has 6 nitrogen and oxygen atoms in total. The van der Waals surface area contributed by atoms with Crippen molar-refractivity contribution in [3.05, 3.63) is 93.5 Å². The fraction of sp³-hybridized carbons (Fsp3) is 0. The van der Waals surface area contributed by atoms with Gasteiger partial charge in [0.2, 0.25) is 0 Å². The molecule has 0 saturated heterocycles. The van der Waals surface area contributed by atoms with Gasteiger partial charge in [-0.15, -0.1) is 0 Å². The van der Waals surface area contributed by atoms with Crippen LogP contribution in [0.25, 0.3) is 0 Å². The summed E-state index contributed by atoms with van der Waals surface area (Å²) in [6.07, 6.45) is 0. The standard InChI is InChI=1S/C21H11Cl2NO5/c22-12-9-10-18(16(23)11-12)28-17-8-4-3-7-15(17)21(27)29-24-19(25)13-5-1-2-6-14(13)20(24)26/h1-11H. The molecule has 0 spiro atoms. The minimum atomic E-state index is -0.930. The highest BCUT2D eigenvalue weighted by Crippen LogP contribution is 2.33. The Morgan fingerprint density at radius 2 is 1.41 bits per heavy atom. The number of fused-ring (bicyclic) bond motifs is 1. The third kappa shape index (κ3) is 3.55. The lowest BCUT2D eigenvalue weighted by Gasteiger charge is -2.15. The largest absolute Gasteiger partial charge is 0.455 e. The third-order valence-electron chi connectivity index (χ3n) is 4.15. The molecule has 2 amide bonds. The highest BCUT2D eigenvalue weighted by molar-refractivity contribution is 6.35. The zero-order valence-electron chi connectivity index (χ0n) is 14.6. The Hall–Kier alpha value is -3.35. The summed E-state index contributed by atoms with van der Waals surface area (Å²) in [7, 11) is 0. The van der Waals surface area contributed by atoms with Crippen LogP contribution in [0.2, 0.25) is 10.0 Å². The number of para-hydroxylation sites is 1. The zero-order chi connectivity index (χ0) is 20.5. The molecule has 0 saturated carbocycles. The van der Waals surface area contributed by atoms with Crippen molar-refractivity contribution in [3.8, 4) is 11.5 Å². The Morgan fingerprint density at radius 1 is 0.793 bits per heavy atom. The summed E-state index contributed by atoms with van der Waals surface area (Å²) in [4.78, 5) is 42.6. The SMILES string of the molecule is O=C(ON1C(=O)c2ccccc2C1=O)c1ccccc1Oc1ccc(Cl)cc1Cl. The van der Waals surface area contributed by atoms with E-state index in [1.54, 1.807) is 36.4 Å². The maximum atomic E-state index is 12.7. The Labute approximate surface area is 175 Å². The predicted molar refractivity (Wildman–Crippen MR) is 105 cm³/mol. The van der Waals surface area contributed by atoms with Gasteiger partial charge in [0, 0.05) is 5.02 Å². The maximum Gasteiger partial charge on any atom is 0.367 e. The Morgan fingerprint density at radius 3 is 2.07 bits per heavy atom.